The fourth-order valence-corrected chi connectivity index (χ4v) is 7.21. The van der Waals surface area contributed by atoms with Crippen molar-refractivity contribution in [2.45, 2.75) is 86.0 Å². The van der Waals surface area contributed by atoms with Gasteiger partial charge in [0.15, 0.2) is 41.2 Å². The number of carbonyl (C=O) groups excluding carboxylic acids is 1. The fourth-order valence-electron chi connectivity index (χ4n) is 7.21. The van der Waals surface area contributed by atoms with Crippen LogP contribution in [0, 0.1) is 0 Å². The number of aliphatic hydroxyl groups is 9. The topological polar surface area (TPSA) is 384 Å². The molecule has 3 aromatic carbocycles. The molecule has 24 nitrogen and oxygen atoms in total. The highest BCUT2D eigenvalue weighted by atomic mass is 16.8. The number of ether oxygens (including phenoxy) is 8. The molecule has 0 saturated carbocycles. The first-order chi connectivity index (χ1) is 31.4. The van der Waals surface area contributed by atoms with Gasteiger partial charge in [0.25, 0.3) is 0 Å². The summed E-state index contributed by atoms with van der Waals surface area (Å²) in [5, 5.41) is 135. The molecule has 0 amide bonds. The van der Waals surface area contributed by atoms with Crippen molar-refractivity contribution >= 4 is 23.0 Å². The van der Waals surface area contributed by atoms with Crippen molar-refractivity contribution in [1.29, 1.82) is 0 Å². The third kappa shape index (κ3) is 9.81. The molecule has 4 heterocycles. The average molecular weight is 935 g/mol. The van der Waals surface area contributed by atoms with Crippen molar-refractivity contribution in [1.82, 2.24) is 0 Å². The number of hydrogen-bond acceptors (Lipinski definition) is 24. The second-order valence-corrected chi connectivity index (χ2v) is 15.3. The molecule has 0 bridgehead atoms. The van der Waals surface area contributed by atoms with Crippen molar-refractivity contribution in [2.24, 2.45) is 0 Å². The number of aromatic hydroxyl groups is 4. The predicted molar refractivity (Wildman–Crippen MR) is 216 cm³/mol. The number of esters is 1. The van der Waals surface area contributed by atoms with Gasteiger partial charge in [-0.25, -0.2) is 4.79 Å². The van der Waals surface area contributed by atoms with Crippen LogP contribution in [0.5, 0.6) is 40.2 Å². The van der Waals surface area contributed by atoms with E-state index in [0.717, 1.165) is 30.3 Å². The first-order valence-electron chi connectivity index (χ1n) is 19.9. The summed E-state index contributed by atoms with van der Waals surface area (Å²) in [7, 11) is 1.33. The molecule has 1 aromatic heterocycles. The SMILES string of the molecule is COc1cc(C=CC(=O)OC[C@H]2O[C@@H](O[C@H]3[C@@H](Oc4c(-c5ccc(O)c(O)c5)oc5cc(O[C@@H]6O[C@H](CO)[C@@H](O)[C@H](O)[C@H]6O)cc(O)c5c4=O)OC[C@H](O)[C@@H]3O)[C@H](O)[C@@H](O)[C@@H]2O)ccc1O. The van der Waals surface area contributed by atoms with Crippen molar-refractivity contribution in [2.75, 3.05) is 26.9 Å². The van der Waals surface area contributed by atoms with Crippen molar-refractivity contribution in [3.63, 3.8) is 0 Å². The van der Waals surface area contributed by atoms with E-state index in [0.29, 0.717) is 5.56 Å². The van der Waals surface area contributed by atoms with E-state index in [2.05, 4.69) is 0 Å². The summed E-state index contributed by atoms with van der Waals surface area (Å²) in [6.45, 7) is -2.15. The zero-order valence-corrected chi connectivity index (χ0v) is 34.3. The Morgan fingerprint density at radius 1 is 0.727 bits per heavy atom. The van der Waals surface area contributed by atoms with Crippen LogP contribution in [0.25, 0.3) is 28.4 Å². The van der Waals surface area contributed by atoms with Gasteiger partial charge in [0.1, 0.15) is 90.1 Å². The minimum Gasteiger partial charge on any atom is -0.507 e. The average Bonchev–Trinajstić information content (AvgIpc) is 3.29. The molecule has 3 saturated heterocycles. The van der Waals surface area contributed by atoms with Gasteiger partial charge in [0, 0.05) is 23.8 Å². The quantitative estimate of drug-likeness (QED) is 0.0371. The van der Waals surface area contributed by atoms with Crippen LogP contribution in [0.4, 0.5) is 0 Å². The minimum atomic E-state index is -2.07. The summed E-state index contributed by atoms with van der Waals surface area (Å²) < 4.78 is 50.3. The van der Waals surface area contributed by atoms with Crippen molar-refractivity contribution < 1.29 is 113 Å². The summed E-state index contributed by atoms with van der Waals surface area (Å²) in [5.41, 5.74) is -1.29. The number of carbonyl (C=O) groups is 1. The Balaban J connectivity index is 1.16. The molecule has 24 heteroatoms. The Labute approximate surface area is 371 Å². The Hall–Kier alpha value is -5.84. The van der Waals surface area contributed by atoms with Crippen LogP contribution >= 0.6 is 0 Å². The van der Waals surface area contributed by atoms with Gasteiger partial charge < -0.3 is 109 Å². The van der Waals surface area contributed by atoms with Crippen LogP contribution in [0.2, 0.25) is 0 Å². The second-order valence-electron chi connectivity index (χ2n) is 15.3. The molecule has 14 atom stereocenters. The van der Waals surface area contributed by atoms with Crippen molar-refractivity contribution in [3.05, 3.63) is 70.4 Å². The van der Waals surface area contributed by atoms with Gasteiger partial charge in [-0.1, -0.05) is 6.07 Å². The summed E-state index contributed by atoms with van der Waals surface area (Å²) >= 11 is 0. The first-order valence-corrected chi connectivity index (χ1v) is 19.9. The highest BCUT2D eigenvalue weighted by molar-refractivity contribution is 5.89. The standard InChI is InChI=1S/C42H46O24/c1-58-23-8-15(2-5-19(23)45)3-7-27(49)59-14-26-31(52)34(55)36(57)41(64-26)66-39-29(50)22(48)13-60-42(39)65-38-32(53)28-21(47)10-17(61-40-35(56)33(54)30(51)25(12-43)63-40)11-24(28)62-37(38)16-4-6-18(44)20(46)9-16/h2-11,22,25-26,29-31,33-36,39-48,50-52,54-57H,12-14H2,1H3/t22-,25+,26+,29-,30+,31+,33-,34-,35+,36+,39+,40+,41-,42+/m0/s1. The van der Waals surface area contributed by atoms with Gasteiger partial charge in [0.2, 0.25) is 23.8 Å². The van der Waals surface area contributed by atoms with Crippen LogP contribution < -0.4 is 19.6 Å². The van der Waals surface area contributed by atoms with E-state index < -0.39 is 157 Å². The molecule has 7 rings (SSSR count). The van der Waals surface area contributed by atoms with E-state index in [4.69, 9.17) is 42.3 Å². The number of benzene rings is 3. The molecule has 3 aliphatic heterocycles. The number of phenolic OH excluding ortho intramolecular Hbond substituents is 4. The van der Waals surface area contributed by atoms with Crippen LogP contribution in [-0.2, 0) is 28.5 Å². The van der Waals surface area contributed by atoms with Gasteiger partial charge in [-0.3, -0.25) is 4.79 Å². The summed E-state index contributed by atoms with van der Waals surface area (Å²) in [5.74, 6) is -4.72. The molecule has 358 valence electrons. The summed E-state index contributed by atoms with van der Waals surface area (Å²) in [6.07, 6.45) is -23.2. The summed E-state index contributed by atoms with van der Waals surface area (Å²) in [4.78, 5) is 26.9. The highest BCUT2D eigenvalue weighted by Gasteiger charge is 2.50. The maximum Gasteiger partial charge on any atom is 0.330 e. The lowest BCUT2D eigenvalue weighted by Crippen LogP contribution is -2.63. The molecule has 13 N–H and O–H groups in total. The fraction of sp³-hybridized carbons (Fsp3) is 0.429. The maximum absolute atomic E-state index is 14.3. The number of aliphatic hydroxyl groups excluding tert-OH is 9. The van der Waals surface area contributed by atoms with Crippen molar-refractivity contribution in [3.8, 4) is 51.6 Å². The van der Waals surface area contributed by atoms with E-state index in [1.54, 1.807) is 0 Å². The molecular formula is C42H46O24. The Morgan fingerprint density at radius 3 is 2.11 bits per heavy atom. The third-order valence-corrected chi connectivity index (χ3v) is 10.9. The number of methoxy groups -OCH3 is 1. The lowest BCUT2D eigenvalue weighted by molar-refractivity contribution is -0.348. The maximum atomic E-state index is 14.3. The predicted octanol–water partition coefficient (Wildman–Crippen LogP) is -2.62. The summed E-state index contributed by atoms with van der Waals surface area (Å²) in [6, 6.07) is 9.35. The normalized spacial score (nSPS) is 31.4. The Morgan fingerprint density at radius 2 is 1.41 bits per heavy atom. The van der Waals surface area contributed by atoms with E-state index in [1.165, 1.54) is 37.5 Å². The lowest BCUT2D eigenvalue weighted by Gasteiger charge is -2.44. The van der Waals surface area contributed by atoms with Gasteiger partial charge >= 0.3 is 5.97 Å². The molecule has 0 unspecified atom stereocenters. The van der Waals surface area contributed by atoms with Gasteiger partial charge in [0.05, 0.1) is 20.3 Å². The van der Waals surface area contributed by atoms with E-state index in [-0.39, 0.29) is 22.8 Å². The Bertz CT molecular complexity index is 2460. The number of fused-ring (bicyclic) bond motifs is 1. The van der Waals surface area contributed by atoms with Gasteiger partial charge in [-0.15, -0.1) is 0 Å². The smallest absolute Gasteiger partial charge is 0.330 e. The van der Waals surface area contributed by atoms with E-state index >= 15 is 0 Å². The molecule has 3 aliphatic rings. The molecule has 0 spiro atoms. The Kier molecular flexibility index (Phi) is 14.5. The van der Waals surface area contributed by atoms with Crippen LogP contribution in [-0.4, -0.2) is 185 Å². The van der Waals surface area contributed by atoms with Crippen LogP contribution in [0.1, 0.15) is 5.56 Å². The third-order valence-electron chi connectivity index (χ3n) is 10.9. The number of phenols is 4. The minimum absolute atomic E-state index is 0.133. The highest BCUT2D eigenvalue weighted by Crippen LogP contribution is 2.40. The zero-order chi connectivity index (χ0) is 47.7. The van der Waals surface area contributed by atoms with E-state index in [1.807, 2.05) is 0 Å². The largest absolute Gasteiger partial charge is 0.507 e. The first kappa shape index (κ1) is 48.1. The monoisotopic (exact) mass is 934 g/mol. The van der Waals surface area contributed by atoms with Gasteiger partial charge in [-0.05, 0) is 42.0 Å². The van der Waals surface area contributed by atoms with Crippen LogP contribution in [0.15, 0.2) is 63.8 Å². The van der Waals surface area contributed by atoms with E-state index in [9.17, 15) is 76.0 Å². The molecule has 0 aliphatic carbocycles. The lowest BCUT2D eigenvalue weighted by atomic mass is 9.98. The van der Waals surface area contributed by atoms with Gasteiger partial charge in [-0.2, -0.15) is 0 Å². The molecule has 4 aromatic rings. The molecule has 3 fully saturated rings. The second kappa shape index (κ2) is 19.9. The number of hydrogen-bond donors (Lipinski definition) is 13. The molecular weight excluding hydrogens is 888 g/mol. The van der Waals surface area contributed by atoms with Crippen LogP contribution in [0.3, 0.4) is 0 Å². The zero-order valence-electron chi connectivity index (χ0n) is 34.3. The molecule has 66 heavy (non-hydrogen) atoms. The number of rotatable bonds is 13. The molecule has 0 radical (unpaired) electrons.